The fraction of sp³-hybridized carbons (Fsp3) is 0.211. The molecule has 0 radical (unpaired) electrons. The van der Waals surface area contributed by atoms with Gasteiger partial charge in [-0.05, 0) is 35.9 Å². The number of hydrogen-bond donors (Lipinski definition) is 0. The lowest BCUT2D eigenvalue weighted by Crippen LogP contribution is -2.28. The topological polar surface area (TPSA) is 72.9 Å². The van der Waals surface area contributed by atoms with Crippen LogP contribution in [0.5, 0.6) is 0 Å². The van der Waals surface area contributed by atoms with Crippen molar-refractivity contribution in [2.75, 3.05) is 24.9 Å². The summed E-state index contributed by atoms with van der Waals surface area (Å²) in [6.07, 6.45) is 0. The molecule has 6 nitrogen and oxygen atoms in total. The Morgan fingerprint density at radius 2 is 1.70 bits per heavy atom. The van der Waals surface area contributed by atoms with E-state index < -0.39 is 11.9 Å². The molecule has 1 aliphatic heterocycles. The second kappa shape index (κ2) is 8.14. The summed E-state index contributed by atoms with van der Waals surface area (Å²) in [7, 11) is 2.52. The van der Waals surface area contributed by atoms with Crippen LogP contribution in [-0.4, -0.2) is 37.8 Å². The van der Waals surface area contributed by atoms with Crippen molar-refractivity contribution in [2.24, 2.45) is 0 Å². The van der Waals surface area contributed by atoms with Crippen molar-refractivity contribution < 1.29 is 23.9 Å². The summed E-state index contributed by atoms with van der Waals surface area (Å²) in [5.41, 5.74) is 1.72. The van der Waals surface area contributed by atoms with Crippen molar-refractivity contribution in [2.45, 2.75) is 5.37 Å². The summed E-state index contributed by atoms with van der Waals surface area (Å²) in [5.74, 6) is -1.00. The summed E-state index contributed by atoms with van der Waals surface area (Å²) in [5, 5.41) is -0.270. The minimum Gasteiger partial charge on any atom is -0.465 e. The molecule has 0 saturated carbocycles. The molecule has 3 rings (SSSR count). The Hall–Kier alpha value is -2.32. The van der Waals surface area contributed by atoms with Gasteiger partial charge in [-0.15, -0.1) is 11.8 Å². The molecule has 1 unspecified atom stereocenters. The van der Waals surface area contributed by atoms with Gasteiger partial charge < -0.3 is 9.47 Å². The SMILES string of the molecule is COC(=O)c1cc(C(=O)OC)cc(N2C(=O)CSC2c2cccc(Br)c2)c1. The molecule has 1 aliphatic rings. The van der Waals surface area contributed by atoms with Crippen molar-refractivity contribution in [3.8, 4) is 0 Å². The largest absolute Gasteiger partial charge is 0.465 e. The average molecular weight is 450 g/mol. The molecular formula is C19H16BrNO5S. The number of carbonyl (C=O) groups excluding carboxylic acids is 3. The maximum Gasteiger partial charge on any atom is 0.337 e. The van der Waals surface area contributed by atoms with E-state index in [0.29, 0.717) is 11.4 Å². The maximum absolute atomic E-state index is 12.6. The van der Waals surface area contributed by atoms with E-state index in [1.165, 1.54) is 32.0 Å². The van der Waals surface area contributed by atoms with Gasteiger partial charge in [-0.3, -0.25) is 9.69 Å². The van der Waals surface area contributed by atoms with Crippen molar-refractivity contribution in [3.63, 3.8) is 0 Å². The quantitative estimate of drug-likeness (QED) is 0.660. The fourth-order valence-electron chi connectivity index (χ4n) is 2.83. The first-order valence-electron chi connectivity index (χ1n) is 7.95. The zero-order valence-electron chi connectivity index (χ0n) is 14.6. The van der Waals surface area contributed by atoms with Gasteiger partial charge in [0.25, 0.3) is 0 Å². The van der Waals surface area contributed by atoms with Gasteiger partial charge in [0.15, 0.2) is 0 Å². The van der Waals surface area contributed by atoms with E-state index in [9.17, 15) is 14.4 Å². The number of thioether (sulfide) groups is 1. The number of nitrogens with zero attached hydrogens (tertiary/aromatic N) is 1. The minimum atomic E-state index is -0.597. The lowest BCUT2D eigenvalue weighted by molar-refractivity contribution is -0.115. The third-order valence-electron chi connectivity index (χ3n) is 4.04. The van der Waals surface area contributed by atoms with Crippen LogP contribution in [0.25, 0.3) is 0 Å². The Kier molecular flexibility index (Phi) is 5.86. The molecule has 2 aromatic carbocycles. The Morgan fingerprint density at radius 3 is 2.26 bits per heavy atom. The fourth-order valence-corrected chi connectivity index (χ4v) is 4.42. The van der Waals surface area contributed by atoms with E-state index in [1.54, 1.807) is 17.0 Å². The molecule has 140 valence electrons. The van der Waals surface area contributed by atoms with Crippen LogP contribution in [0.15, 0.2) is 46.9 Å². The molecular weight excluding hydrogens is 434 g/mol. The Bertz CT molecular complexity index is 882. The number of anilines is 1. The van der Waals surface area contributed by atoms with Gasteiger partial charge in [0.1, 0.15) is 5.37 Å². The lowest BCUT2D eigenvalue weighted by Gasteiger charge is -2.25. The molecule has 0 bridgehead atoms. The van der Waals surface area contributed by atoms with Crippen molar-refractivity contribution in [1.82, 2.24) is 0 Å². The van der Waals surface area contributed by atoms with Crippen LogP contribution in [0, 0.1) is 0 Å². The first kappa shape index (κ1) is 19.4. The van der Waals surface area contributed by atoms with Gasteiger partial charge in [-0.25, -0.2) is 9.59 Å². The highest BCUT2D eigenvalue weighted by Crippen LogP contribution is 2.42. The van der Waals surface area contributed by atoms with Crippen molar-refractivity contribution >= 4 is 51.2 Å². The molecule has 1 fully saturated rings. The molecule has 1 heterocycles. The van der Waals surface area contributed by atoms with Crippen LogP contribution in [0.4, 0.5) is 5.69 Å². The highest BCUT2D eigenvalue weighted by atomic mass is 79.9. The zero-order valence-corrected chi connectivity index (χ0v) is 17.0. The number of carbonyl (C=O) groups is 3. The molecule has 2 aromatic rings. The summed E-state index contributed by atoms with van der Waals surface area (Å²) >= 11 is 4.92. The summed E-state index contributed by atoms with van der Waals surface area (Å²) in [6.45, 7) is 0. The van der Waals surface area contributed by atoms with Crippen LogP contribution < -0.4 is 4.90 Å². The van der Waals surface area contributed by atoms with Crippen LogP contribution in [0.2, 0.25) is 0 Å². The van der Waals surface area contributed by atoms with E-state index >= 15 is 0 Å². The standard InChI is InChI=1S/C19H16BrNO5S/c1-25-18(23)12-6-13(19(24)26-2)9-15(8-12)21-16(22)10-27-17(21)11-4-3-5-14(20)7-11/h3-9,17H,10H2,1-2H3. The number of amides is 1. The minimum absolute atomic E-state index is 0.109. The number of methoxy groups -OCH3 is 2. The maximum atomic E-state index is 12.6. The Balaban J connectivity index is 2.10. The van der Waals surface area contributed by atoms with E-state index in [2.05, 4.69) is 15.9 Å². The molecule has 0 aliphatic carbocycles. The number of hydrogen-bond acceptors (Lipinski definition) is 6. The van der Waals surface area contributed by atoms with Crippen molar-refractivity contribution in [3.05, 3.63) is 63.6 Å². The summed E-state index contributed by atoms with van der Waals surface area (Å²) in [6, 6.07) is 12.2. The predicted molar refractivity (Wildman–Crippen MR) is 106 cm³/mol. The van der Waals surface area contributed by atoms with Gasteiger partial charge in [-0.1, -0.05) is 28.1 Å². The third kappa shape index (κ3) is 4.01. The molecule has 27 heavy (non-hydrogen) atoms. The van der Waals surface area contributed by atoms with Gasteiger partial charge in [0, 0.05) is 10.2 Å². The summed E-state index contributed by atoms with van der Waals surface area (Å²) in [4.78, 5) is 38.3. The number of benzene rings is 2. The number of halogens is 1. The van der Waals surface area contributed by atoms with E-state index in [0.717, 1.165) is 10.0 Å². The third-order valence-corrected chi connectivity index (χ3v) is 5.75. The summed E-state index contributed by atoms with van der Waals surface area (Å²) < 4.78 is 10.4. The van der Waals surface area contributed by atoms with Gasteiger partial charge >= 0.3 is 11.9 Å². The van der Waals surface area contributed by atoms with Crippen LogP contribution in [0.1, 0.15) is 31.7 Å². The number of rotatable bonds is 4. The zero-order chi connectivity index (χ0) is 19.6. The molecule has 8 heteroatoms. The monoisotopic (exact) mass is 449 g/mol. The van der Waals surface area contributed by atoms with Crippen LogP contribution in [-0.2, 0) is 14.3 Å². The van der Waals surface area contributed by atoms with E-state index in [-0.39, 0.29) is 22.4 Å². The van der Waals surface area contributed by atoms with Crippen LogP contribution >= 0.6 is 27.7 Å². The molecule has 0 aromatic heterocycles. The second-order valence-corrected chi connectivity index (χ2v) is 7.72. The molecule has 1 amide bonds. The smallest absolute Gasteiger partial charge is 0.337 e. The average Bonchev–Trinajstić information content (AvgIpc) is 3.07. The van der Waals surface area contributed by atoms with Gasteiger partial charge in [0.2, 0.25) is 5.91 Å². The predicted octanol–water partition coefficient (Wildman–Crippen LogP) is 3.80. The number of esters is 2. The normalized spacial score (nSPS) is 16.3. The van der Waals surface area contributed by atoms with Crippen LogP contribution in [0.3, 0.4) is 0 Å². The highest BCUT2D eigenvalue weighted by molar-refractivity contribution is 9.10. The van der Waals surface area contributed by atoms with E-state index in [1.807, 2.05) is 24.3 Å². The first-order chi connectivity index (χ1) is 12.9. The highest BCUT2D eigenvalue weighted by Gasteiger charge is 2.35. The first-order valence-corrected chi connectivity index (χ1v) is 9.79. The number of ether oxygens (including phenoxy) is 2. The lowest BCUT2D eigenvalue weighted by atomic mass is 10.1. The molecule has 1 atom stereocenters. The van der Waals surface area contributed by atoms with Gasteiger partial charge in [0.05, 0.1) is 31.1 Å². The molecule has 0 N–H and O–H groups in total. The van der Waals surface area contributed by atoms with Crippen molar-refractivity contribution in [1.29, 1.82) is 0 Å². The Labute approximate surface area is 168 Å². The van der Waals surface area contributed by atoms with E-state index in [4.69, 9.17) is 9.47 Å². The molecule has 0 spiro atoms. The van der Waals surface area contributed by atoms with Gasteiger partial charge in [-0.2, -0.15) is 0 Å². The second-order valence-electron chi connectivity index (χ2n) is 5.73. The Morgan fingerprint density at radius 1 is 1.07 bits per heavy atom. The molecule has 1 saturated heterocycles.